The van der Waals surface area contributed by atoms with Gasteiger partial charge in [-0.1, -0.05) is 6.07 Å². The maximum absolute atomic E-state index is 12.9. The number of halogens is 1. The molecule has 2 N–H and O–H groups in total. The van der Waals surface area contributed by atoms with Crippen molar-refractivity contribution in [3.63, 3.8) is 0 Å². The Labute approximate surface area is 96.6 Å². The molecule has 0 spiro atoms. The Hall–Kier alpha value is -2.15. The predicted octanol–water partition coefficient (Wildman–Crippen LogP) is 0.988. The Balaban J connectivity index is 2.54. The zero-order valence-electron chi connectivity index (χ0n) is 9.01. The average molecular weight is 242 g/mol. The number of carbonyl (C=O) groups excluding carboxylic acids is 1. The van der Waals surface area contributed by atoms with Crippen molar-refractivity contribution < 1.29 is 23.9 Å². The number of aliphatic carboxylic acids is 1. The van der Waals surface area contributed by atoms with Gasteiger partial charge in [-0.25, -0.2) is 19.5 Å². The molecule has 0 saturated carbocycles. The van der Waals surface area contributed by atoms with Crippen LogP contribution in [-0.4, -0.2) is 30.8 Å². The van der Waals surface area contributed by atoms with Gasteiger partial charge in [0, 0.05) is 12.7 Å². The smallest absolute Gasteiger partial charge is 0.345 e. The van der Waals surface area contributed by atoms with Gasteiger partial charge in [0.25, 0.3) is 0 Å². The molecule has 0 aliphatic heterocycles. The van der Waals surface area contributed by atoms with Gasteiger partial charge in [0.1, 0.15) is 5.82 Å². The van der Waals surface area contributed by atoms with Crippen LogP contribution in [-0.2, 0) is 9.63 Å². The zero-order valence-corrected chi connectivity index (χ0v) is 9.01. The molecular weight excluding hydrogens is 231 g/mol. The molecule has 2 amide bonds. The maximum atomic E-state index is 12.9. The minimum Gasteiger partial charge on any atom is -0.479 e. The lowest BCUT2D eigenvalue weighted by atomic mass is 10.3. The first-order valence-corrected chi connectivity index (χ1v) is 4.63. The fourth-order valence-corrected chi connectivity index (χ4v) is 1.03. The molecule has 17 heavy (non-hydrogen) atoms. The molecule has 1 rings (SSSR count). The molecule has 0 saturated heterocycles. The van der Waals surface area contributed by atoms with E-state index in [0.717, 1.165) is 11.0 Å². The molecule has 0 bridgehead atoms. The average Bonchev–Trinajstić information content (AvgIpc) is 2.27. The lowest BCUT2D eigenvalue weighted by Gasteiger charge is -2.17. The van der Waals surface area contributed by atoms with Crippen LogP contribution in [0.4, 0.5) is 14.9 Å². The summed E-state index contributed by atoms with van der Waals surface area (Å²) in [4.78, 5) is 27.0. The van der Waals surface area contributed by atoms with Crippen LogP contribution >= 0.6 is 0 Å². The molecule has 0 unspecified atom stereocenters. The number of hydrogen-bond donors (Lipinski definition) is 2. The van der Waals surface area contributed by atoms with E-state index in [4.69, 9.17) is 5.11 Å². The van der Waals surface area contributed by atoms with Crippen molar-refractivity contribution in [2.24, 2.45) is 0 Å². The maximum Gasteiger partial charge on any atom is 0.345 e. The lowest BCUT2D eigenvalue weighted by molar-refractivity contribution is -0.143. The first-order valence-electron chi connectivity index (χ1n) is 4.63. The Morgan fingerprint density at radius 3 is 2.82 bits per heavy atom. The van der Waals surface area contributed by atoms with Crippen LogP contribution in [0.2, 0.25) is 0 Å². The van der Waals surface area contributed by atoms with Gasteiger partial charge in [-0.2, -0.15) is 0 Å². The van der Waals surface area contributed by atoms with Crippen LogP contribution in [0.5, 0.6) is 0 Å². The Morgan fingerprint density at radius 2 is 2.24 bits per heavy atom. The minimum absolute atomic E-state index is 0.321. The van der Waals surface area contributed by atoms with E-state index in [1.165, 1.54) is 25.2 Å². The summed E-state index contributed by atoms with van der Waals surface area (Å²) in [6, 6.07) is 4.69. The predicted molar refractivity (Wildman–Crippen MR) is 56.9 cm³/mol. The number of carboxylic acids is 1. The van der Waals surface area contributed by atoms with Gasteiger partial charge in [0.2, 0.25) is 0 Å². The van der Waals surface area contributed by atoms with Crippen LogP contribution in [0.15, 0.2) is 24.3 Å². The highest BCUT2D eigenvalue weighted by Gasteiger charge is 2.11. The SMILES string of the molecule is CN(C(=O)NOCC(=O)O)c1cccc(F)c1. The van der Waals surface area contributed by atoms with Gasteiger partial charge >= 0.3 is 12.0 Å². The molecule has 0 heterocycles. The number of anilines is 1. The van der Waals surface area contributed by atoms with Gasteiger partial charge in [-0.15, -0.1) is 0 Å². The second-order valence-corrected chi connectivity index (χ2v) is 3.13. The normalized spacial score (nSPS) is 9.76. The van der Waals surface area contributed by atoms with Crippen LogP contribution in [0.3, 0.4) is 0 Å². The number of nitrogens with zero attached hydrogens (tertiary/aromatic N) is 1. The molecule has 7 heteroatoms. The highest BCUT2D eigenvalue weighted by Crippen LogP contribution is 2.13. The molecule has 1 aromatic carbocycles. The molecule has 1 aromatic rings. The summed E-state index contributed by atoms with van der Waals surface area (Å²) in [5.41, 5.74) is 2.24. The number of amides is 2. The number of hydrogen-bond acceptors (Lipinski definition) is 3. The highest BCUT2D eigenvalue weighted by molar-refractivity contribution is 5.90. The third-order valence-corrected chi connectivity index (χ3v) is 1.86. The van der Waals surface area contributed by atoms with Gasteiger partial charge < -0.3 is 5.11 Å². The number of nitrogens with one attached hydrogen (secondary N) is 1. The first kappa shape index (κ1) is 12.9. The van der Waals surface area contributed by atoms with E-state index in [1.807, 2.05) is 5.48 Å². The first-order chi connectivity index (χ1) is 8.00. The van der Waals surface area contributed by atoms with Crippen molar-refractivity contribution in [3.05, 3.63) is 30.1 Å². The molecule has 0 aliphatic carbocycles. The van der Waals surface area contributed by atoms with E-state index in [-0.39, 0.29) is 0 Å². The molecule has 0 atom stereocenters. The fraction of sp³-hybridized carbons (Fsp3) is 0.200. The number of carbonyl (C=O) groups is 2. The standard InChI is InChI=1S/C10H11FN2O4/c1-13(8-4-2-3-7(11)5-8)10(16)12-17-6-9(14)15/h2-5H,6H2,1H3,(H,12,16)(H,14,15). The quantitative estimate of drug-likeness (QED) is 0.771. The topological polar surface area (TPSA) is 78.9 Å². The summed E-state index contributed by atoms with van der Waals surface area (Å²) in [6.45, 7) is -0.650. The van der Waals surface area contributed by atoms with E-state index < -0.39 is 24.4 Å². The summed E-state index contributed by atoms with van der Waals surface area (Å²) in [5, 5.41) is 8.28. The third-order valence-electron chi connectivity index (χ3n) is 1.86. The Morgan fingerprint density at radius 1 is 1.53 bits per heavy atom. The van der Waals surface area contributed by atoms with Crippen molar-refractivity contribution in [1.82, 2.24) is 5.48 Å². The number of rotatable bonds is 4. The van der Waals surface area contributed by atoms with Crippen LogP contribution in [0.1, 0.15) is 0 Å². The van der Waals surface area contributed by atoms with Gasteiger partial charge in [0.05, 0.1) is 0 Å². The number of urea groups is 1. The van der Waals surface area contributed by atoms with Crippen molar-refractivity contribution in [1.29, 1.82) is 0 Å². The third kappa shape index (κ3) is 4.07. The summed E-state index contributed by atoms with van der Waals surface area (Å²) >= 11 is 0. The summed E-state index contributed by atoms with van der Waals surface area (Å²) in [7, 11) is 1.40. The monoisotopic (exact) mass is 242 g/mol. The van der Waals surface area contributed by atoms with E-state index in [2.05, 4.69) is 4.84 Å². The number of benzene rings is 1. The zero-order chi connectivity index (χ0) is 12.8. The number of hydroxylamine groups is 1. The fourth-order valence-electron chi connectivity index (χ4n) is 1.03. The van der Waals surface area contributed by atoms with Crippen LogP contribution in [0, 0.1) is 5.82 Å². The molecular formula is C10H11FN2O4. The lowest BCUT2D eigenvalue weighted by Crippen LogP contribution is -2.38. The van der Waals surface area contributed by atoms with Gasteiger partial charge in [0.15, 0.2) is 6.61 Å². The van der Waals surface area contributed by atoms with Gasteiger partial charge in [-0.3, -0.25) is 9.74 Å². The molecule has 92 valence electrons. The highest BCUT2D eigenvalue weighted by atomic mass is 19.1. The van der Waals surface area contributed by atoms with E-state index in [1.54, 1.807) is 0 Å². The second kappa shape index (κ2) is 5.80. The molecule has 0 aromatic heterocycles. The molecule has 6 nitrogen and oxygen atoms in total. The Bertz CT molecular complexity index is 425. The Kier molecular flexibility index (Phi) is 4.41. The van der Waals surface area contributed by atoms with E-state index in [0.29, 0.717) is 5.69 Å². The largest absolute Gasteiger partial charge is 0.479 e. The van der Waals surface area contributed by atoms with Crippen molar-refractivity contribution in [2.45, 2.75) is 0 Å². The summed E-state index contributed by atoms with van der Waals surface area (Å²) in [5.74, 6) is -1.69. The number of carboxylic acid groups (broad SMARTS) is 1. The van der Waals surface area contributed by atoms with Gasteiger partial charge in [-0.05, 0) is 18.2 Å². The second-order valence-electron chi connectivity index (χ2n) is 3.13. The minimum atomic E-state index is -1.21. The van der Waals surface area contributed by atoms with E-state index in [9.17, 15) is 14.0 Å². The van der Waals surface area contributed by atoms with Crippen molar-refractivity contribution in [2.75, 3.05) is 18.6 Å². The van der Waals surface area contributed by atoms with Crippen LogP contribution in [0.25, 0.3) is 0 Å². The van der Waals surface area contributed by atoms with E-state index >= 15 is 0 Å². The molecule has 0 fully saturated rings. The summed E-state index contributed by atoms with van der Waals surface area (Å²) in [6.07, 6.45) is 0. The molecule has 0 radical (unpaired) electrons. The summed E-state index contributed by atoms with van der Waals surface area (Å²) < 4.78 is 12.9. The van der Waals surface area contributed by atoms with Crippen LogP contribution < -0.4 is 10.4 Å². The van der Waals surface area contributed by atoms with Crippen molar-refractivity contribution in [3.8, 4) is 0 Å². The molecule has 0 aliphatic rings. The van der Waals surface area contributed by atoms with Crippen molar-refractivity contribution >= 4 is 17.7 Å².